The maximum Gasteiger partial charge on any atom is 0.434 e. The smallest absolute Gasteiger partial charge is 0.434 e. The highest BCUT2D eigenvalue weighted by Crippen LogP contribution is 2.36. The summed E-state index contributed by atoms with van der Waals surface area (Å²) < 4.78 is 5.12. The van der Waals surface area contributed by atoms with Gasteiger partial charge in [0.2, 0.25) is 0 Å². The second-order valence-electron chi connectivity index (χ2n) is 4.79. The van der Waals surface area contributed by atoms with Crippen molar-refractivity contribution in [3.8, 4) is 0 Å². The van der Waals surface area contributed by atoms with Crippen molar-refractivity contribution in [3.63, 3.8) is 0 Å². The molecule has 1 aromatic rings. The molecule has 2 bridgehead atoms. The third-order valence-corrected chi connectivity index (χ3v) is 3.53. The number of carbonyl (C=O) groups is 1. The Morgan fingerprint density at radius 3 is 2.68 bits per heavy atom. The molecule has 0 aromatic heterocycles. The molecule has 0 spiro atoms. The van der Waals surface area contributed by atoms with E-state index in [2.05, 4.69) is 0 Å². The lowest BCUT2D eigenvalue weighted by molar-refractivity contribution is -0.224. The predicted molar refractivity (Wildman–Crippen MR) is 63.8 cm³/mol. The number of benzene rings is 1. The van der Waals surface area contributed by atoms with Gasteiger partial charge in [0.05, 0.1) is 6.04 Å². The molecular weight excluding hydrogens is 250 g/mol. The quantitative estimate of drug-likeness (QED) is 0.811. The van der Waals surface area contributed by atoms with Gasteiger partial charge >= 0.3 is 6.09 Å². The molecule has 4 atom stereocenters. The van der Waals surface area contributed by atoms with E-state index >= 15 is 0 Å². The first-order valence-corrected chi connectivity index (χ1v) is 6.19. The van der Waals surface area contributed by atoms with Crippen molar-refractivity contribution >= 4 is 6.09 Å². The molecule has 1 saturated carbocycles. The van der Waals surface area contributed by atoms with Crippen molar-refractivity contribution in [3.05, 3.63) is 35.9 Å². The van der Waals surface area contributed by atoms with Crippen LogP contribution in [-0.4, -0.2) is 45.7 Å². The lowest BCUT2D eigenvalue weighted by Gasteiger charge is -2.31. The van der Waals surface area contributed by atoms with Crippen LogP contribution in [0, 0.1) is 0 Å². The lowest BCUT2D eigenvalue weighted by atomic mass is 10.2. The molecule has 1 saturated heterocycles. The summed E-state index contributed by atoms with van der Waals surface area (Å²) in [6.45, 7) is 0.148. The minimum atomic E-state index is -0.969. The molecule has 2 N–H and O–H groups in total. The van der Waals surface area contributed by atoms with Crippen molar-refractivity contribution in [2.24, 2.45) is 0 Å². The first-order chi connectivity index (χ1) is 9.16. The number of amides is 1. The van der Waals surface area contributed by atoms with Gasteiger partial charge in [-0.15, -0.1) is 0 Å². The fourth-order valence-electron chi connectivity index (χ4n) is 2.49. The van der Waals surface area contributed by atoms with Crippen LogP contribution in [-0.2, 0) is 16.2 Å². The van der Waals surface area contributed by atoms with E-state index in [-0.39, 0.29) is 6.61 Å². The molecule has 0 radical (unpaired) electrons. The number of ether oxygens (including phenoxy) is 1. The summed E-state index contributed by atoms with van der Waals surface area (Å²) in [6, 6.07) is 8.77. The summed E-state index contributed by atoms with van der Waals surface area (Å²) in [7, 11) is 0. The summed E-state index contributed by atoms with van der Waals surface area (Å²) >= 11 is 0. The number of hydrogen-bond acceptors (Lipinski definition) is 5. The maximum absolute atomic E-state index is 11.8. The Labute approximate surface area is 110 Å². The highest BCUT2D eigenvalue weighted by atomic mass is 16.8. The Morgan fingerprint density at radius 2 is 2.05 bits per heavy atom. The Hall–Kier alpha value is -1.63. The number of hydroxylamine groups is 2. The number of rotatable bonds is 2. The number of nitrogens with zero attached hydrogens (tertiary/aromatic N) is 1. The standard InChI is InChI=1S/C13H15NO5/c15-11-9-6-10(12(11)16)19-14(9)13(17)18-7-8-4-2-1-3-5-8/h1-5,9-12,15-16H,6-7H2/t9-,10+,11+,12-/m1/s1. The summed E-state index contributed by atoms with van der Waals surface area (Å²) in [5, 5.41) is 20.3. The molecule has 6 heteroatoms. The van der Waals surface area contributed by atoms with Gasteiger partial charge < -0.3 is 14.9 Å². The third kappa shape index (κ3) is 2.18. The first-order valence-electron chi connectivity index (χ1n) is 6.19. The SMILES string of the molecule is O=C(OCc1ccccc1)N1O[C@H]2C[C@@H]1[C@H](O)[C@@H]2O. The molecule has 3 rings (SSSR count). The number of fused-ring (bicyclic) bond motifs is 2. The van der Waals surface area contributed by atoms with Crippen LogP contribution in [0.5, 0.6) is 0 Å². The fourth-order valence-corrected chi connectivity index (χ4v) is 2.49. The van der Waals surface area contributed by atoms with Crippen LogP contribution in [0.3, 0.4) is 0 Å². The van der Waals surface area contributed by atoms with E-state index in [1.54, 1.807) is 0 Å². The van der Waals surface area contributed by atoms with E-state index in [0.29, 0.717) is 6.42 Å². The molecule has 1 heterocycles. The van der Waals surface area contributed by atoms with Gasteiger partial charge in [-0.05, 0) is 5.56 Å². The Kier molecular flexibility index (Phi) is 3.14. The van der Waals surface area contributed by atoms with Gasteiger partial charge in [-0.2, -0.15) is 5.06 Å². The third-order valence-electron chi connectivity index (χ3n) is 3.53. The number of aliphatic hydroxyl groups is 2. The first kappa shape index (κ1) is 12.4. The zero-order valence-corrected chi connectivity index (χ0v) is 10.2. The van der Waals surface area contributed by atoms with E-state index in [9.17, 15) is 15.0 Å². The van der Waals surface area contributed by atoms with Crippen LogP contribution in [0.25, 0.3) is 0 Å². The van der Waals surface area contributed by atoms with E-state index in [1.165, 1.54) is 0 Å². The second-order valence-corrected chi connectivity index (χ2v) is 4.79. The predicted octanol–water partition coefficient (Wildman–Crippen LogP) is 0.433. The molecule has 102 valence electrons. The zero-order chi connectivity index (χ0) is 13.4. The minimum absolute atomic E-state index is 0.148. The number of carbonyl (C=O) groups excluding carboxylic acids is 1. The normalized spacial score (nSPS) is 32.6. The van der Waals surface area contributed by atoms with Crippen LogP contribution >= 0.6 is 0 Å². The average molecular weight is 265 g/mol. The molecular formula is C13H15NO5. The van der Waals surface area contributed by atoms with Crippen LogP contribution in [0.15, 0.2) is 30.3 Å². The topological polar surface area (TPSA) is 79.2 Å². The molecule has 6 nitrogen and oxygen atoms in total. The van der Waals surface area contributed by atoms with Gasteiger partial charge in [0, 0.05) is 6.42 Å². The van der Waals surface area contributed by atoms with Crippen molar-refractivity contribution in [2.75, 3.05) is 0 Å². The van der Waals surface area contributed by atoms with E-state index in [4.69, 9.17) is 9.57 Å². The zero-order valence-electron chi connectivity index (χ0n) is 10.2. The minimum Gasteiger partial charge on any atom is -0.443 e. The van der Waals surface area contributed by atoms with E-state index in [1.807, 2.05) is 30.3 Å². The van der Waals surface area contributed by atoms with Crippen molar-refractivity contribution in [1.29, 1.82) is 0 Å². The molecule has 1 aromatic carbocycles. The van der Waals surface area contributed by atoms with Crippen LogP contribution in [0.4, 0.5) is 4.79 Å². The summed E-state index contributed by atoms with van der Waals surface area (Å²) in [5.74, 6) is 0. The van der Waals surface area contributed by atoms with Crippen molar-refractivity contribution in [2.45, 2.75) is 37.4 Å². The monoisotopic (exact) mass is 265 g/mol. The Morgan fingerprint density at radius 1 is 1.32 bits per heavy atom. The van der Waals surface area contributed by atoms with Gasteiger partial charge in [-0.25, -0.2) is 4.79 Å². The maximum atomic E-state index is 11.8. The lowest BCUT2D eigenvalue weighted by Crippen LogP contribution is -2.50. The van der Waals surface area contributed by atoms with Gasteiger partial charge in [0.25, 0.3) is 0 Å². The van der Waals surface area contributed by atoms with Crippen LogP contribution < -0.4 is 0 Å². The molecule has 1 amide bonds. The second kappa shape index (κ2) is 4.80. The Bertz CT molecular complexity index is 463. The molecule has 2 fully saturated rings. The van der Waals surface area contributed by atoms with E-state index < -0.39 is 30.4 Å². The summed E-state index contributed by atoms with van der Waals surface area (Å²) in [5.41, 5.74) is 0.876. The van der Waals surface area contributed by atoms with Gasteiger partial charge in [0.15, 0.2) is 0 Å². The molecule has 1 aliphatic heterocycles. The number of aliphatic hydroxyl groups excluding tert-OH is 2. The molecule has 0 unspecified atom stereocenters. The average Bonchev–Trinajstić information content (AvgIpc) is 2.98. The molecule has 19 heavy (non-hydrogen) atoms. The van der Waals surface area contributed by atoms with Gasteiger partial charge in [-0.1, -0.05) is 30.3 Å². The highest BCUT2D eigenvalue weighted by molar-refractivity contribution is 5.67. The largest absolute Gasteiger partial charge is 0.443 e. The van der Waals surface area contributed by atoms with Crippen LogP contribution in [0.2, 0.25) is 0 Å². The summed E-state index contributed by atoms with van der Waals surface area (Å²) in [6.07, 6.45) is -2.62. The van der Waals surface area contributed by atoms with Crippen LogP contribution in [0.1, 0.15) is 12.0 Å². The Balaban J connectivity index is 1.58. The molecule has 2 aliphatic rings. The van der Waals surface area contributed by atoms with Crippen molar-refractivity contribution in [1.82, 2.24) is 5.06 Å². The van der Waals surface area contributed by atoms with Gasteiger partial charge in [-0.3, -0.25) is 4.84 Å². The van der Waals surface area contributed by atoms with E-state index in [0.717, 1.165) is 10.6 Å². The number of hydrogen-bond donors (Lipinski definition) is 2. The van der Waals surface area contributed by atoms with Crippen molar-refractivity contribution < 1.29 is 24.6 Å². The summed E-state index contributed by atoms with van der Waals surface area (Å²) in [4.78, 5) is 17.1. The molecule has 1 aliphatic carbocycles. The highest BCUT2D eigenvalue weighted by Gasteiger charge is 2.54. The van der Waals surface area contributed by atoms with Gasteiger partial charge in [0.1, 0.15) is 24.9 Å². The fraction of sp³-hybridized carbons (Fsp3) is 0.462.